The van der Waals surface area contributed by atoms with E-state index in [-0.39, 0.29) is 5.95 Å². The first kappa shape index (κ1) is 15.1. The lowest BCUT2D eigenvalue weighted by Gasteiger charge is -2.09. The van der Waals surface area contributed by atoms with Crippen molar-refractivity contribution in [3.05, 3.63) is 26.9 Å². The van der Waals surface area contributed by atoms with Gasteiger partial charge in [-0.25, -0.2) is 0 Å². The molecule has 0 radical (unpaired) electrons. The Morgan fingerprint density at radius 1 is 1.20 bits per heavy atom. The fourth-order valence-corrected chi connectivity index (χ4v) is 3.18. The second-order valence-corrected chi connectivity index (χ2v) is 6.85. The zero-order valence-electron chi connectivity index (χ0n) is 11.3. The third-order valence-electron chi connectivity index (χ3n) is 2.61. The van der Waals surface area contributed by atoms with E-state index >= 15 is 0 Å². The van der Waals surface area contributed by atoms with E-state index in [9.17, 15) is 0 Å². The monoisotopic (exact) mass is 355 g/mol. The molecule has 0 aliphatic carbocycles. The summed E-state index contributed by atoms with van der Waals surface area (Å²) in [5.41, 5.74) is 5.71. The fraction of sp³-hybridized carbons (Fsp3) is 0.385. The summed E-state index contributed by atoms with van der Waals surface area (Å²) in [6.45, 7) is 3.80. The molecular formula is C13H18BrN5S. The molecule has 0 amide bonds. The quantitative estimate of drug-likeness (QED) is 0.709. The number of thiophene rings is 1. The molecule has 108 valence electrons. The molecule has 0 aliphatic rings. The first-order valence-corrected chi connectivity index (χ1v) is 8.15. The molecule has 2 heterocycles. The molecule has 2 rings (SSSR count). The zero-order chi connectivity index (χ0) is 14.4. The minimum atomic E-state index is 0.285. The molecule has 20 heavy (non-hydrogen) atoms. The number of hydrogen-bond donors (Lipinski definition) is 3. The van der Waals surface area contributed by atoms with Crippen molar-refractivity contribution in [3.8, 4) is 0 Å². The Labute approximate surface area is 131 Å². The number of nitrogens with two attached hydrogens (primary N) is 1. The van der Waals surface area contributed by atoms with Gasteiger partial charge in [0.15, 0.2) is 0 Å². The third-order valence-corrected chi connectivity index (χ3v) is 4.29. The van der Waals surface area contributed by atoms with Gasteiger partial charge in [0.25, 0.3) is 0 Å². The van der Waals surface area contributed by atoms with Gasteiger partial charge in [-0.3, -0.25) is 0 Å². The molecule has 4 N–H and O–H groups in total. The Morgan fingerprint density at radius 3 is 2.50 bits per heavy atom. The first-order chi connectivity index (χ1) is 9.67. The molecule has 0 aromatic carbocycles. The van der Waals surface area contributed by atoms with Crippen molar-refractivity contribution < 1.29 is 0 Å². The smallest absolute Gasteiger partial charge is 0.223 e. The number of aromatic nitrogens is 2. The van der Waals surface area contributed by atoms with E-state index in [2.05, 4.69) is 55.6 Å². The van der Waals surface area contributed by atoms with Crippen LogP contribution in [-0.2, 0) is 6.42 Å². The van der Waals surface area contributed by atoms with Crippen molar-refractivity contribution in [3.63, 3.8) is 0 Å². The number of anilines is 3. The average molecular weight is 356 g/mol. The maximum atomic E-state index is 5.71. The summed E-state index contributed by atoms with van der Waals surface area (Å²) in [6.07, 6.45) is 2.00. The van der Waals surface area contributed by atoms with Gasteiger partial charge in [-0.15, -0.1) is 11.3 Å². The Hall–Kier alpha value is -1.34. The summed E-state index contributed by atoms with van der Waals surface area (Å²) in [5.74, 6) is 1.81. The highest BCUT2D eigenvalue weighted by Gasteiger charge is 2.02. The van der Waals surface area contributed by atoms with Gasteiger partial charge in [0.1, 0.15) is 11.6 Å². The van der Waals surface area contributed by atoms with Crippen molar-refractivity contribution in [2.24, 2.45) is 0 Å². The third kappa shape index (κ3) is 4.64. The van der Waals surface area contributed by atoms with Crippen LogP contribution in [0, 0.1) is 0 Å². The van der Waals surface area contributed by atoms with Crippen LogP contribution in [0.3, 0.4) is 0 Å². The molecule has 2 aromatic rings. The van der Waals surface area contributed by atoms with Crippen molar-refractivity contribution in [1.29, 1.82) is 0 Å². The first-order valence-electron chi connectivity index (χ1n) is 6.54. The summed E-state index contributed by atoms with van der Waals surface area (Å²) >= 11 is 5.21. The number of nitrogen functional groups attached to an aromatic ring is 1. The van der Waals surface area contributed by atoms with Crippen LogP contribution in [0.25, 0.3) is 0 Å². The molecule has 0 atom stereocenters. The van der Waals surface area contributed by atoms with Crippen LogP contribution in [0.15, 0.2) is 22.0 Å². The maximum Gasteiger partial charge on any atom is 0.223 e. The summed E-state index contributed by atoms with van der Waals surface area (Å²) in [7, 11) is 0. The maximum absolute atomic E-state index is 5.71. The molecule has 5 nitrogen and oxygen atoms in total. The normalized spacial score (nSPS) is 10.5. The summed E-state index contributed by atoms with van der Waals surface area (Å²) < 4.78 is 1.16. The standard InChI is InChI=1S/C13H18BrN5S/c1-2-6-16-11-8-12(19-13(15)18-11)17-7-5-9-3-4-10(14)20-9/h3-4,8H,2,5-7H2,1H3,(H4,15,16,17,18,19). The highest BCUT2D eigenvalue weighted by atomic mass is 79.9. The largest absolute Gasteiger partial charge is 0.370 e. The van der Waals surface area contributed by atoms with Gasteiger partial charge in [-0.1, -0.05) is 6.92 Å². The van der Waals surface area contributed by atoms with Crippen LogP contribution in [0.2, 0.25) is 0 Å². The lowest BCUT2D eigenvalue weighted by Crippen LogP contribution is -2.10. The van der Waals surface area contributed by atoms with E-state index in [0.717, 1.165) is 41.4 Å². The van der Waals surface area contributed by atoms with Crippen LogP contribution < -0.4 is 16.4 Å². The van der Waals surface area contributed by atoms with Crippen molar-refractivity contribution in [1.82, 2.24) is 9.97 Å². The molecule has 0 unspecified atom stereocenters. The second kappa shape index (κ2) is 7.44. The number of nitrogens with zero attached hydrogens (tertiary/aromatic N) is 2. The molecule has 0 spiro atoms. The van der Waals surface area contributed by atoms with Gasteiger partial charge in [0.05, 0.1) is 3.79 Å². The van der Waals surface area contributed by atoms with Crippen molar-refractivity contribution in [2.75, 3.05) is 29.5 Å². The lowest BCUT2D eigenvalue weighted by molar-refractivity contribution is 0.963. The minimum absolute atomic E-state index is 0.285. The Kier molecular flexibility index (Phi) is 5.60. The molecule has 2 aromatic heterocycles. The number of rotatable bonds is 7. The summed E-state index contributed by atoms with van der Waals surface area (Å²) in [5, 5.41) is 6.49. The van der Waals surface area contributed by atoms with Gasteiger partial charge in [-0.2, -0.15) is 9.97 Å². The van der Waals surface area contributed by atoms with E-state index in [4.69, 9.17) is 5.73 Å². The van der Waals surface area contributed by atoms with E-state index in [1.165, 1.54) is 4.88 Å². The molecule has 0 bridgehead atoms. The van der Waals surface area contributed by atoms with Crippen LogP contribution in [0.5, 0.6) is 0 Å². The van der Waals surface area contributed by atoms with E-state index in [0.29, 0.717) is 0 Å². The van der Waals surface area contributed by atoms with E-state index in [1.807, 2.05) is 6.07 Å². The number of halogens is 1. The Morgan fingerprint density at radius 2 is 1.90 bits per heavy atom. The van der Waals surface area contributed by atoms with E-state index in [1.54, 1.807) is 11.3 Å². The van der Waals surface area contributed by atoms with Crippen LogP contribution in [0.1, 0.15) is 18.2 Å². The predicted octanol–water partition coefficient (Wildman–Crippen LogP) is 3.36. The topological polar surface area (TPSA) is 75.9 Å². The SMILES string of the molecule is CCCNc1cc(NCCc2ccc(Br)s2)nc(N)n1. The second-order valence-electron chi connectivity index (χ2n) is 4.31. The van der Waals surface area contributed by atoms with Gasteiger partial charge >= 0.3 is 0 Å². The highest BCUT2D eigenvalue weighted by Crippen LogP contribution is 2.22. The van der Waals surface area contributed by atoms with Crippen molar-refractivity contribution in [2.45, 2.75) is 19.8 Å². The van der Waals surface area contributed by atoms with Gasteiger partial charge in [0.2, 0.25) is 5.95 Å². The molecule has 0 saturated carbocycles. The highest BCUT2D eigenvalue weighted by molar-refractivity contribution is 9.11. The average Bonchev–Trinajstić information content (AvgIpc) is 2.81. The number of hydrogen-bond acceptors (Lipinski definition) is 6. The minimum Gasteiger partial charge on any atom is -0.370 e. The van der Waals surface area contributed by atoms with Crippen LogP contribution in [0.4, 0.5) is 17.6 Å². The van der Waals surface area contributed by atoms with Gasteiger partial charge in [0, 0.05) is 24.0 Å². The number of nitrogens with one attached hydrogen (secondary N) is 2. The Balaban J connectivity index is 1.89. The Bertz CT molecular complexity index is 557. The predicted molar refractivity (Wildman–Crippen MR) is 89.4 cm³/mol. The molecule has 0 fully saturated rings. The van der Waals surface area contributed by atoms with Crippen LogP contribution >= 0.6 is 27.3 Å². The summed E-state index contributed by atoms with van der Waals surface area (Å²) in [4.78, 5) is 9.67. The lowest BCUT2D eigenvalue weighted by atomic mass is 10.3. The zero-order valence-corrected chi connectivity index (χ0v) is 13.7. The van der Waals surface area contributed by atoms with Crippen LogP contribution in [-0.4, -0.2) is 23.1 Å². The molecule has 0 aliphatic heterocycles. The fourth-order valence-electron chi connectivity index (χ4n) is 1.70. The molecular weight excluding hydrogens is 338 g/mol. The van der Waals surface area contributed by atoms with E-state index < -0.39 is 0 Å². The van der Waals surface area contributed by atoms with Gasteiger partial charge < -0.3 is 16.4 Å². The van der Waals surface area contributed by atoms with Gasteiger partial charge in [-0.05, 0) is 40.9 Å². The summed E-state index contributed by atoms with van der Waals surface area (Å²) in [6, 6.07) is 6.07. The van der Waals surface area contributed by atoms with Crippen molar-refractivity contribution >= 4 is 44.9 Å². The molecule has 0 saturated heterocycles. The molecule has 7 heteroatoms.